The molecule has 0 aliphatic carbocycles. The van der Waals surface area contributed by atoms with E-state index in [0.717, 1.165) is 0 Å². The summed E-state index contributed by atoms with van der Waals surface area (Å²) < 4.78 is 30.1. The Kier molecular flexibility index (Phi) is 8.53. The molecular weight excluding hydrogens is 358 g/mol. The van der Waals surface area contributed by atoms with Crippen molar-refractivity contribution < 1.29 is 23.1 Å². The number of imidazole rings is 1. The normalized spacial score (nSPS) is 11.8. The molecule has 0 aliphatic rings. The first-order valence-electron chi connectivity index (χ1n) is 7.67. The highest BCUT2D eigenvalue weighted by atomic mass is 32.2. The van der Waals surface area contributed by atoms with Crippen LogP contribution in [0.4, 0.5) is 0 Å². The molecule has 0 radical (unpaired) electrons. The van der Waals surface area contributed by atoms with Crippen LogP contribution in [-0.2, 0) is 21.7 Å². The van der Waals surface area contributed by atoms with Gasteiger partial charge in [-0.1, -0.05) is 18.2 Å². The number of carboxylic acids is 1. The average Bonchev–Trinajstić information content (AvgIpc) is 3.04. The Balaban J connectivity index is 0.000000472. The summed E-state index contributed by atoms with van der Waals surface area (Å²) in [6, 6.07) is 5.70. The molecule has 1 unspecified atom stereocenters. The van der Waals surface area contributed by atoms with E-state index in [-0.39, 0.29) is 11.5 Å². The Morgan fingerprint density at radius 1 is 1.42 bits per heavy atom. The van der Waals surface area contributed by atoms with E-state index in [4.69, 9.17) is 15.6 Å². The topological polar surface area (TPSA) is 125 Å². The number of sulfone groups is 1. The van der Waals surface area contributed by atoms with Gasteiger partial charge in [0, 0.05) is 25.5 Å². The second-order valence-electron chi connectivity index (χ2n) is 5.45. The van der Waals surface area contributed by atoms with Crippen molar-refractivity contribution in [3.63, 3.8) is 0 Å². The average molecular weight is 381 g/mol. The van der Waals surface area contributed by atoms with E-state index < -0.39 is 28.5 Å². The minimum Gasteiger partial charge on any atom is -0.482 e. The van der Waals surface area contributed by atoms with Crippen molar-refractivity contribution in [3.05, 3.63) is 61.2 Å². The number of benzene rings is 1. The van der Waals surface area contributed by atoms with Crippen molar-refractivity contribution in [2.24, 2.45) is 12.8 Å². The Labute approximate surface area is 152 Å². The van der Waals surface area contributed by atoms with Gasteiger partial charge in [0.2, 0.25) is 0 Å². The third kappa shape index (κ3) is 8.45. The molecule has 0 fully saturated rings. The zero-order chi connectivity index (χ0) is 19.6. The second-order valence-corrected chi connectivity index (χ2v) is 7.61. The molecule has 142 valence electrons. The van der Waals surface area contributed by atoms with Crippen LogP contribution in [0, 0.1) is 0 Å². The molecule has 3 N–H and O–H groups in total. The predicted octanol–water partition coefficient (Wildman–Crippen LogP) is 1.17. The maximum Gasteiger partial charge on any atom is 0.341 e. The summed E-state index contributed by atoms with van der Waals surface area (Å²) in [4.78, 5) is 14.1. The van der Waals surface area contributed by atoms with Crippen molar-refractivity contribution in [2.45, 2.75) is 6.04 Å². The lowest BCUT2D eigenvalue weighted by molar-refractivity contribution is -0.139. The molecule has 26 heavy (non-hydrogen) atoms. The van der Waals surface area contributed by atoms with E-state index in [1.165, 1.54) is 6.08 Å². The fourth-order valence-electron chi connectivity index (χ4n) is 1.90. The second kappa shape index (κ2) is 10.4. The standard InChI is InChI=1S/C13H17NO5S.C4H6N2/c1-2-7-20(17,18)9-12(14)10-3-5-11(6-4-10)19-8-13(15)16;1-6-3-2-5-4-6/h2-6,12H,1,7-9,14H2,(H,15,16);2-4H,1H3. The number of aliphatic carboxylic acids is 1. The minimum atomic E-state index is -3.26. The van der Waals surface area contributed by atoms with Gasteiger partial charge < -0.3 is 20.1 Å². The molecule has 8 nitrogen and oxygen atoms in total. The van der Waals surface area contributed by atoms with Gasteiger partial charge in [-0.2, -0.15) is 0 Å². The fourth-order valence-corrected chi connectivity index (χ4v) is 3.13. The van der Waals surface area contributed by atoms with Crippen LogP contribution in [0.25, 0.3) is 0 Å². The van der Waals surface area contributed by atoms with Gasteiger partial charge >= 0.3 is 5.97 Å². The first-order chi connectivity index (χ1) is 12.2. The smallest absolute Gasteiger partial charge is 0.341 e. The highest BCUT2D eigenvalue weighted by molar-refractivity contribution is 7.91. The third-order valence-corrected chi connectivity index (χ3v) is 4.72. The number of carboxylic acid groups (broad SMARTS) is 1. The zero-order valence-electron chi connectivity index (χ0n) is 14.5. The number of carbonyl (C=O) groups is 1. The Morgan fingerprint density at radius 3 is 2.50 bits per heavy atom. The van der Waals surface area contributed by atoms with Crippen LogP contribution in [0.3, 0.4) is 0 Å². The number of rotatable bonds is 8. The number of ether oxygens (including phenoxy) is 1. The monoisotopic (exact) mass is 381 g/mol. The summed E-state index contributed by atoms with van der Waals surface area (Å²) in [5.41, 5.74) is 6.47. The molecule has 0 amide bonds. The highest BCUT2D eigenvalue weighted by Gasteiger charge is 2.16. The van der Waals surface area contributed by atoms with E-state index in [1.54, 1.807) is 36.8 Å². The minimum absolute atomic E-state index is 0.111. The number of aryl methyl sites for hydroxylation is 1. The van der Waals surface area contributed by atoms with Crippen LogP contribution in [0.15, 0.2) is 55.6 Å². The Morgan fingerprint density at radius 2 is 2.08 bits per heavy atom. The molecule has 0 saturated carbocycles. The van der Waals surface area contributed by atoms with Crippen LogP contribution in [0.5, 0.6) is 5.75 Å². The molecule has 1 aromatic heterocycles. The van der Waals surface area contributed by atoms with Gasteiger partial charge in [-0.25, -0.2) is 18.2 Å². The largest absolute Gasteiger partial charge is 0.482 e. The lowest BCUT2D eigenvalue weighted by Crippen LogP contribution is -2.23. The van der Waals surface area contributed by atoms with E-state index in [9.17, 15) is 13.2 Å². The highest BCUT2D eigenvalue weighted by Crippen LogP contribution is 2.18. The summed E-state index contributed by atoms with van der Waals surface area (Å²) in [6.07, 6.45) is 6.71. The first-order valence-corrected chi connectivity index (χ1v) is 9.49. The van der Waals surface area contributed by atoms with Gasteiger partial charge in [0.1, 0.15) is 5.75 Å². The Hall–Kier alpha value is -2.65. The molecule has 0 aliphatic heterocycles. The van der Waals surface area contributed by atoms with E-state index in [2.05, 4.69) is 11.6 Å². The van der Waals surface area contributed by atoms with Crippen molar-refractivity contribution in [1.82, 2.24) is 9.55 Å². The van der Waals surface area contributed by atoms with Crippen molar-refractivity contribution in [1.29, 1.82) is 0 Å². The molecule has 1 heterocycles. The first kappa shape index (κ1) is 21.4. The summed E-state index contributed by atoms with van der Waals surface area (Å²) in [7, 11) is -1.33. The van der Waals surface area contributed by atoms with Crippen LogP contribution in [0.1, 0.15) is 11.6 Å². The molecule has 0 bridgehead atoms. The van der Waals surface area contributed by atoms with Crippen LogP contribution >= 0.6 is 0 Å². The Bertz CT molecular complexity index is 786. The molecule has 9 heteroatoms. The van der Waals surface area contributed by atoms with Gasteiger partial charge in [0.05, 0.1) is 17.8 Å². The number of nitrogens with zero attached hydrogens (tertiary/aromatic N) is 2. The molecule has 2 aromatic rings. The van der Waals surface area contributed by atoms with Crippen LogP contribution in [-0.4, -0.2) is 47.2 Å². The number of hydrogen-bond acceptors (Lipinski definition) is 6. The van der Waals surface area contributed by atoms with E-state index >= 15 is 0 Å². The SMILES string of the molecule is C=CCS(=O)(=O)CC(N)c1ccc(OCC(=O)O)cc1.Cn1ccnc1. The lowest BCUT2D eigenvalue weighted by Gasteiger charge is -2.12. The van der Waals surface area contributed by atoms with Crippen molar-refractivity contribution in [2.75, 3.05) is 18.1 Å². The summed E-state index contributed by atoms with van der Waals surface area (Å²) in [6.45, 7) is 2.96. The molecule has 1 aromatic carbocycles. The zero-order valence-corrected chi connectivity index (χ0v) is 15.3. The van der Waals surface area contributed by atoms with Gasteiger partial charge in [-0.05, 0) is 17.7 Å². The van der Waals surface area contributed by atoms with Crippen LogP contribution < -0.4 is 10.5 Å². The van der Waals surface area contributed by atoms with Crippen LogP contribution in [0.2, 0.25) is 0 Å². The van der Waals surface area contributed by atoms with Crippen molar-refractivity contribution in [3.8, 4) is 5.75 Å². The maximum atomic E-state index is 11.6. The number of aromatic nitrogens is 2. The number of nitrogens with two attached hydrogens (primary N) is 1. The van der Waals surface area contributed by atoms with Gasteiger partial charge in [0.15, 0.2) is 16.4 Å². The third-order valence-electron chi connectivity index (χ3n) is 3.11. The summed E-state index contributed by atoms with van der Waals surface area (Å²) >= 11 is 0. The maximum absolute atomic E-state index is 11.6. The molecule has 0 saturated heterocycles. The molecule has 2 rings (SSSR count). The fraction of sp³-hybridized carbons (Fsp3) is 0.294. The molecular formula is C17H23N3O5S. The molecule has 1 atom stereocenters. The lowest BCUT2D eigenvalue weighted by atomic mass is 10.1. The van der Waals surface area contributed by atoms with Gasteiger partial charge in [-0.15, -0.1) is 6.58 Å². The van der Waals surface area contributed by atoms with Gasteiger partial charge in [0.25, 0.3) is 0 Å². The van der Waals surface area contributed by atoms with E-state index in [1.807, 2.05) is 17.8 Å². The van der Waals surface area contributed by atoms with E-state index in [0.29, 0.717) is 11.3 Å². The van der Waals surface area contributed by atoms with Crippen molar-refractivity contribution >= 4 is 15.8 Å². The summed E-state index contributed by atoms with van der Waals surface area (Å²) in [5, 5.41) is 8.48. The predicted molar refractivity (Wildman–Crippen MR) is 98.6 cm³/mol. The van der Waals surface area contributed by atoms with Gasteiger partial charge in [-0.3, -0.25) is 0 Å². The molecule has 0 spiro atoms. The summed E-state index contributed by atoms with van der Waals surface area (Å²) in [5.74, 6) is -0.965. The quantitative estimate of drug-likeness (QED) is 0.658. The number of hydrogen-bond donors (Lipinski definition) is 2.